The zero-order valence-electron chi connectivity index (χ0n) is 16.3. The van der Waals surface area contributed by atoms with Crippen LogP contribution in [0.5, 0.6) is 0 Å². The molecule has 0 spiro atoms. The van der Waals surface area contributed by atoms with Gasteiger partial charge in [-0.3, -0.25) is 0 Å². The van der Waals surface area contributed by atoms with Gasteiger partial charge in [0.2, 0.25) is 18.1 Å². The average Bonchev–Trinajstić information content (AvgIpc) is 2.67. The van der Waals surface area contributed by atoms with Gasteiger partial charge < -0.3 is 18.3 Å². The summed E-state index contributed by atoms with van der Waals surface area (Å²) >= 11 is 0. The minimum absolute atomic E-state index is 0.0470. The summed E-state index contributed by atoms with van der Waals surface area (Å²) in [5, 5.41) is -0.0470. The number of rotatable bonds is 11. The van der Waals surface area contributed by atoms with E-state index in [1.807, 2.05) is 0 Å². The highest BCUT2D eigenvalue weighted by molar-refractivity contribution is 6.61. The van der Waals surface area contributed by atoms with Crippen molar-refractivity contribution in [2.24, 2.45) is 0 Å². The molecule has 2 fully saturated rings. The highest BCUT2D eigenvalue weighted by Gasteiger charge is 2.42. The Kier molecular flexibility index (Phi) is 9.95. The second kappa shape index (κ2) is 11.7. The molecule has 2 saturated heterocycles. The zero-order valence-corrected chi connectivity index (χ0v) is 18.7. The van der Waals surface area contributed by atoms with E-state index in [9.17, 15) is 0 Å². The molecule has 0 radical (unpaired) electrons. The first-order chi connectivity index (χ1) is 12.3. The van der Waals surface area contributed by atoms with Gasteiger partial charge in [-0.05, 0) is 64.8 Å². The molecule has 4 unspecified atom stereocenters. The average molecular weight is 387 g/mol. The molecule has 4 nitrogen and oxygen atoms in total. The molecule has 0 aliphatic carbocycles. The monoisotopic (exact) mass is 386 g/mol. The topological polar surface area (TPSA) is 36.9 Å². The van der Waals surface area contributed by atoms with Crippen molar-refractivity contribution in [1.29, 1.82) is 0 Å². The molecule has 4 atom stereocenters. The Bertz CT molecular complexity index is 368. The van der Waals surface area contributed by atoms with Crippen LogP contribution in [0.2, 0.25) is 6.04 Å². The Balaban J connectivity index is 1.92. The van der Waals surface area contributed by atoms with Crippen LogP contribution in [-0.2, 0) is 18.3 Å². The zero-order chi connectivity index (χ0) is 18.0. The van der Waals surface area contributed by atoms with E-state index in [0.29, 0.717) is 5.73 Å². The van der Waals surface area contributed by atoms with Crippen LogP contribution in [0.1, 0.15) is 65.2 Å². The van der Waals surface area contributed by atoms with Gasteiger partial charge in [0.05, 0.1) is 11.0 Å². The Hall–Kier alpha value is 0.0138. The van der Waals surface area contributed by atoms with Gasteiger partial charge in [-0.15, -0.1) is 6.58 Å². The van der Waals surface area contributed by atoms with Crippen LogP contribution in [-0.4, -0.2) is 55.5 Å². The highest BCUT2D eigenvalue weighted by atomic mass is 28.3. The third-order valence-electron chi connectivity index (χ3n) is 5.56. The first-order valence-electron chi connectivity index (χ1n) is 10.4. The van der Waals surface area contributed by atoms with Gasteiger partial charge in [-0.1, -0.05) is 12.1 Å². The van der Waals surface area contributed by atoms with Crippen molar-refractivity contribution >= 4 is 18.1 Å². The molecule has 2 aliphatic rings. The molecule has 6 heteroatoms. The van der Waals surface area contributed by atoms with Crippen molar-refractivity contribution in [3.8, 4) is 0 Å². The van der Waals surface area contributed by atoms with E-state index in [1.54, 1.807) is 0 Å². The summed E-state index contributed by atoms with van der Waals surface area (Å²) < 4.78 is 24.7. The van der Waals surface area contributed by atoms with Gasteiger partial charge in [-0.2, -0.15) is 0 Å². The SMILES string of the molecule is C=C[SiH](OCC)C1(CCC[SiH](OCC)C2CCCCO2)CCCCO1. The number of hydrogen-bond acceptors (Lipinski definition) is 4. The summed E-state index contributed by atoms with van der Waals surface area (Å²) in [5.74, 6) is 0. The highest BCUT2D eigenvalue weighted by Crippen LogP contribution is 2.34. The summed E-state index contributed by atoms with van der Waals surface area (Å²) in [6.45, 7) is 11.6. The van der Waals surface area contributed by atoms with Gasteiger partial charge >= 0.3 is 0 Å². The Labute approximate surface area is 157 Å². The molecular weight excluding hydrogens is 348 g/mol. The Morgan fingerprint density at radius 3 is 2.52 bits per heavy atom. The number of hydrogen-bond donors (Lipinski definition) is 0. The van der Waals surface area contributed by atoms with E-state index >= 15 is 0 Å². The fourth-order valence-corrected chi connectivity index (χ4v) is 9.54. The van der Waals surface area contributed by atoms with Crippen molar-refractivity contribution in [2.75, 3.05) is 26.4 Å². The molecule has 0 aromatic heterocycles. The van der Waals surface area contributed by atoms with Crippen LogP contribution < -0.4 is 0 Å². The fraction of sp³-hybridized carbons (Fsp3) is 0.895. The molecular formula is C19H38O4Si2. The van der Waals surface area contributed by atoms with Crippen LogP contribution in [0.25, 0.3) is 0 Å². The van der Waals surface area contributed by atoms with Crippen LogP contribution in [0.4, 0.5) is 0 Å². The van der Waals surface area contributed by atoms with Crippen LogP contribution in [0.15, 0.2) is 12.3 Å². The Morgan fingerprint density at radius 1 is 1.12 bits per heavy atom. The lowest BCUT2D eigenvalue weighted by atomic mass is 10.0. The van der Waals surface area contributed by atoms with Crippen molar-refractivity contribution < 1.29 is 18.3 Å². The lowest BCUT2D eigenvalue weighted by molar-refractivity contribution is -0.0383. The van der Waals surface area contributed by atoms with Gasteiger partial charge in [-0.25, -0.2) is 0 Å². The van der Waals surface area contributed by atoms with Crippen molar-refractivity contribution in [3.63, 3.8) is 0 Å². The molecule has 2 heterocycles. The maximum absolute atomic E-state index is 6.37. The van der Waals surface area contributed by atoms with E-state index in [2.05, 4.69) is 26.1 Å². The lowest BCUT2D eigenvalue weighted by Crippen LogP contribution is -2.51. The molecule has 0 amide bonds. The second-order valence-corrected chi connectivity index (χ2v) is 12.7. The van der Waals surface area contributed by atoms with Gasteiger partial charge in [0.25, 0.3) is 0 Å². The molecule has 146 valence electrons. The standard InChI is InChI=1S/C19H38O4Si2/c1-4-22-24(18-12-7-9-15-20-18)17-11-14-19(13-8-10-16-21-19)25(6-3)23-5-2/h6,18,24-25H,3-5,7-17H2,1-2H3. The van der Waals surface area contributed by atoms with E-state index in [1.165, 1.54) is 44.6 Å². The third-order valence-corrected chi connectivity index (χ3v) is 11.6. The fourth-order valence-electron chi connectivity index (χ4n) is 4.30. The summed E-state index contributed by atoms with van der Waals surface area (Å²) in [6.07, 6.45) is 9.53. The minimum Gasteiger partial charge on any atom is -0.418 e. The van der Waals surface area contributed by atoms with Crippen molar-refractivity contribution in [2.45, 2.75) is 82.2 Å². The van der Waals surface area contributed by atoms with E-state index in [4.69, 9.17) is 18.3 Å². The summed E-state index contributed by atoms with van der Waals surface area (Å²) in [5.41, 5.74) is 2.49. The summed E-state index contributed by atoms with van der Waals surface area (Å²) in [4.78, 5) is 0. The predicted octanol–water partition coefficient (Wildman–Crippen LogP) is 3.60. The first-order valence-corrected chi connectivity index (χ1v) is 14.0. The summed E-state index contributed by atoms with van der Waals surface area (Å²) in [6, 6.07) is 1.19. The first kappa shape index (κ1) is 21.3. The molecule has 0 aromatic carbocycles. The normalized spacial score (nSPS) is 29.9. The van der Waals surface area contributed by atoms with Crippen LogP contribution in [0.3, 0.4) is 0 Å². The predicted molar refractivity (Wildman–Crippen MR) is 108 cm³/mol. The summed E-state index contributed by atoms with van der Waals surface area (Å²) in [7, 11) is -2.86. The molecule has 0 aromatic rings. The smallest absolute Gasteiger partial charge is 0.231 e. The minimum atomic E-state index is -1.56. The molecule has 0 bridgehead atoms. The molecule has 2 rings (SSSR count). The third kappa shape index (κ3) is 6.29. The molecule has 2 aliphatic heterocycles. The largest absolute Gasteiger partial charge is 0.418 e. The van der Waals surface area contributed by atoms with Gasteiger partial charge in [0.15, 0.2) is 0 Å². The van der Waals surface area contributed by atoms with Crippen molar-refractivity contribution in [1.82, 2.24) is 0 Å². The number of ether oxygens (including phenoxy) is 2. The maximum atomic E-state index is 6.37. The maximum Gasteiger partial charge on any atom is 0.231 e. The molecule has 25 heavy (non-hydrogen) atoms. The van der Waals surface area contributed by atoms with Crippen LogP contribution >= 0.6 is 0 Å². The van der Waals surface area contributed by atoms with Gasteiger partial charge in [0, 0.05) is 26.4 Å². The second-order valence-electron chi connectivity index (χ2n) is 7.27. The molecule has 0 N–H and O–H groups in total. The van der Waals surface area contributed by atoms with E-state index in [-0.39, 0.29) is 5.22 Å². The Morgan fingerprint density at radius 2 is 1.92 bits per heavy atom. The van der Waals surface area contributed by atoms with Crippen LogP contribution in [0, 0.1) is 0 Å². The van der Waals surface area contributed by atoms with E-state index < -0.39 is 18.1 Å². The van der Waals surface area contributed by atoms with Crippen molar-refractivity contribution in [3.05, 3.63) is 12.3 Å². The quantitative estimate of drug-likeness (QED) is 0.508. The lowest BCUT2D eigenvalue weighted by Gasteiger charge is -2.41. The van der Waals surface area contributed by atoms with Gasteiger partial charge in [0.1, 0.15) is 0 Å². The van der Waals surface area contributed by atoms with E-state index in [0.717, 1.165) is 39.3 Å². The molecule has 0 saturated carbocycles.